The Labute approximate surface area is 179 Å². The minimum Gasteiger partial charge on any atom is -0.481 e. The van der Waals surface area contributed by atoms with Crippen LogP contribution in [0.3, 0.4) is 0 Å². The molecule has 3 rings (SSSR count). The largest absolute Gasteiger partial charge is 0.481 e. The van der Waals surface area contributed by atoms with E-state index in [0.717, 1.165) is 35.7 Å². The minimum absolute atomic E-state index is 0.255. The number of carbonyl (C=O) groups is 1. The highest BCUT2D eigenvalue weighted by molar-refractivity contribution is 5.77. The molecule has 0 saturated carbocycles. The van der Waals surface area contributed by atoms with Crippen LogP contribution < -0.4 is 14.5 Å². The molecule has 1 aromatic heterocycles. The quantitative estimate of drug-likeness (QED) is 0.760. The number of hydrogen-bond acceptors (Lipinski definition) is 6. The summed E-state index contributed by atoms with van der Waals surface area (Å²) in [6.45, 7) is 8.32. The van der Waals surface area contributed by atoms with Crippen LogP contribution in [0.1, 0.15) is 20.8 Å². The van der Waals surface area contributed by atoms with Gasteiger partial charge < -0.3 is 24.2 Å². The van der Waals surface area contributed by atoms with Gasteiger partial charge in [0.2, 0.25) is 5.88 Å². The van der Waals surface area contributed by atoms with E-state index >= 15 is 0 Å². The fourth-order valence-corrected chi connectivity index (χ4v) is 3.39. The summed E-state index contributed by atoms with van der Waals surface area (Å²) in [7, 11) is 5.67. The summed E-state index contributed by atoms with van der Waals surface area (Å²) in [6.07, 6.45) is -0.255. The van der Waals surface area contributed by atoms with Gasteiger partial charge >= 0.3 is 6.09 Å². The van der Waals surface area contributed by atoms with Gasteiger partial charge in [0.15, 0.2) is 0 Å². The van der Waals surface area contributed by atoms with Gasteiger partial charge in [-0.1, -0.05) is 12.1 Å². The summed E-state index contributed by atoms with van der Waals surface area (Å²) >= 11 is 0. The molecule has 1 saturated heterocycles. The average molecular weight is 413 g/mol. The van der Waals surface area contributed by atoms with E-state index in [1.165, 1.54) is 0 Å². The van der Waals surface area contributed by atoms with Crippen molar-refractivity contribution in [1.82, 2.24) is 9.88 Å². The first-order valence-corrected chi connectivity index (χ1v) is 10.2. The molecule has 2 aromatic rings. The lowest BCUT2D eigenvalue weighted by molar-refractivity contribution is 0.0240. The van der Waals surface area contributed by atoms with E-state index in [9.17, 15) is 4.79 Å². The lowest BCUT2D eigenvalue weighted by Crippen LogP contribution is -2.50. The van der Waals surface area contributed by atoms with Crippen LogP contribution >= 0.6 is 0 Å². The zero-order valence-electron chi connectivity index (χ0n) is 18.8. The van der Waals surface area contributed by atoms with Crippen LogP contribution in [-0.4, -0.2) is 69.0 Å². The lowest BCUT2D eigenvalue weighted by atomic mass is 10.1. The smallest absolute Gasteiger partial charge is 0.410 e. The number of rotatable bonds is 4. The monoisotopic (exact) mass is 412 g/mol. The van der Waals surface area contributed by atoms with Gasteiger partial charge in [-0.2, -0.15) is 0 Å². The van der Waals surface area contributed by atoms with Crippen molar-refractivity contribution in [3.05, 3.63) is 36.4 Å². The number of aromatic nitrogens is 1. The molecule has 0 N–H and O–H groups in total. The minimum atomic E-state index is -0.486. The normalized spacial score (nSPS) is 14.5. The molecule has 7 heteroatoms. The van der Waals surface area contributed by atoms with Gasteiger partial charge in [-0.15, -0.1) is 0 Å². The predicted molar refractivity (Wildman–Crippen MR) is 121 cm³/mol. The molecule has 0 radical (unpaired) electrons. The average Bonchev–Trinajstić information content (AvgIpc) is 2.72. The molecule has 0 unspecified atom stereocenters. The highest BCUT2D eigenvalue weighted by atomic mass is 16.6. The first kappa shape index (κ1) is 21.7. The number of methoxy groups -OCH3 is 1. The molecule has 30 heavy (non-hydrogen) atoms. The number of nitrogens with zero attached hydrogens (tertiary/aromatic N) is 4. The van der Waals surface area contributed by atoms with Crippen LogP contribution in [0.25, 0.3) is 11.3 Å². The van der Waals surface area contributed by atoms with Crippen LogP contribution in [0.5, 0.6) is 5.88 Å². The fourth-order valence-electron chi connectivity index (χ4n) is 3.39. The second-order valence-electron chi connectivity index (χ2n) is 8.62. The first-order valence-electron chi connectivity index (χ1n) is 10.2. The van der Waals surface area contributed by atoms with E-state index in [2.05, 4.69) is 34.1 Å². The van der Waals surface area contributed by atoms with Gasteiger partial charge in [-0.25, -0.2) is 9.78 Å². The second-order valence-corrected chi connectivity index (χ2v) is 8.62. The number of anilines is 2. The van der Waals surface area contributed by atoms with Crippen molar-refractivity contribution in [2.45, 2.75) is 26.4 Å². The number of ether oxygens (including phenoxy) is 2. The Morgan fingerprint density at radius 3 is 2.17 bits per heavy atom. The zero-order chi connectivity index (χ0) is 21.9. The van der Waals surface area contributed by atoms with E-state index < -0.39 is 5.60 Å². The number of hydrogen-bond donors (Lipinski definition) is 0. The summed E-state index contributed by atoms with van der Waals surface area (Å²) in [4.78, 5) is 23.2. The second kappa shape index (κ2) is 8.81. The molecule has 1 amide bonds. The Balaban J connectivity index is 1.80. The van der Waals surface area contributed by atoms with Gasteiger partial charge in [0, 0.05) is 57.6 Å². The van der Waals surface area contributed by atoms with E-state index in [1.807, 2.05) is 47.0 Å². The molecule has 7 nitrogen and oxygen atoms in total. The SMILES string of the molecule is COc1ccc(N2CCN(C(=O)OC(C)(C)C)CC2)c(-c2ccc(N(C)C)cc2)n1. The van der Waals surface area contributed by atoms with Crippen molar-refractivity contribution < 1.29 is 14.3 Å². The third kappa shape index (κ3) is 5.14. The van der Waals surface area contributed by atoms with E-state index in [-0.39, 0.29) is 6.09 Å². The van der Waals surface area contributed by atoms with Crippen LogP contribution in [0, 0.1) is 0 Å². The molecule has 0 bridgehead atoms. The van der Waals surface area contributed by atoms with E-state index in [0.29, 0.717) is 19.0 Å². The molecule has 0 aliphatic carbocycles. The van der Waals surface area contributed by atoms with E-state index in [4.69, 9.17) is 14.5 Å². The van der Waals surface area contributed by atoms with Crippen molar-refractivity contribution in [3.63, 3.8) is 0 Å². The van der Waals surface area contributed by atoms with Gasteiger partial charge in [0.25, 0.3) is 0 Å². The molecular formula is C23H32N4O3. The maximum absolute atomic E-state index is 12.4. The fraction of sp³-hybridized carbons (Fsp3) is 0.478. The maximum atomic E-state index is 12.4. The first-order chi connectivity index (χ1) is 14.2. The van der Waals surface area contributed by atoms with Gasteiger partial charge in [0.05, 0.1) is 18.5 Å². The van der Waals surface area contributed by atoms with Gasteiger partial charge in [0.1, 0.15) is 5.60 Å². The zero-order valence-corrected chi connectivity index (χ0v) is 18.8. The van der Waals surface area contributed by atoms with Crippen molar-refractivity contribution in [3.8, 4) is 17.1 Å². The molecular weight excluding hydrogens is 380 g/mol. The third-order valence-electron chi connectivity index (χ3n) is 4.99. The third-order valence-corrected chi connectivity index (χ3v) is 4.99. The summed E-state index contributed by atoms with van der Waals surface area (Å²) in [5.41, 5.74) is 3.60. The van der Waals surface area contributed by atoms with Crippen LogP contribution in [0.2, 0.25) is 0 Å². The van der Waals surface area contributed by atoms with Crippen LogP contribution in [-0.2, 0) is 4.74 Å². The molecule has 1 fully saturated rings. The standard InChI is InChI=1S/C23H32N4O3/c1-23(2,3)30-22(28)27-15-13-26(14-16-27)19-11-12-20(29-6)24-21(19)17-7-9-18(10-8-17)25(4)5/h7-12H,13-16H2,1-6H3. The highest BCUT2D eigenvalue weighted by Crippen LogP contribution is 2.33. The summed E-state index contributed by atoms with van der Waals surface area (Å²) < 4.78 is 10.9. The Morgan fingerprint density at radius 1 is 1.00 bits per heavy atom. The summed E-state index contributed by atoms with van der Waals surface area (Å²) in [6, 6.07) is 12.3. The summed E-state index contributed by atoms with van der Waals surface area (Å²) in [5, 5.41) is 0. The Bertz CT molecular complexity index is 867. The molecule has 0 spiro atoms. The maximum Gasteiger partial charge on any atom is 0.410 e. The molecule has 1 aliphatic heterocycles. The molecule has 0 atom stereocenters. The lowest BCUT2D eigenvalue weighted by Gasteiger charge is -2.37. The Morgan fingerprint density at radius 2 is 1.63 bits per heavy atom. The number of piperazine rings is 1. The number of pyridine rings is 1. The topological polar surface area (TPSA) is 58.1 Å². The van der Waals surface area contributed by atoms with Crippen molar-refractivity contribution in [1.29, 1.82) is 0 Å². The molecule has 162 valence electrons. The van der Waals surface area contributed by atoms with Crippen molar-refractivity contribution in [2.75, 3.05) is 57.2 Å². The molecule has 1 aromatic carbocycles. The van der Waals surface area contributed by atoms with Crippen molar-refractivity contribution >= 4 is 17.5 Å². The molecule has 1 aliphatic rings. The summed E-state index contributed by atoms with van der Waals surface area (Å²) in [5.74, 6) is 0.581. The molecule has 2 heterocycles. The van der Waals surface area contributed by atoms with Gasteiger partial charge in [-0.05, 0) is 39.0 Å². The number of amides is 1. The van der Waals surface area contributed by atoms with Crippen LogP contribution in [0.4, 0.5) is 16.2 Å². The Hall–Kier alpha value is -2.96. The van der Waals surface area contributed by atoms with E-state index in [1.54, 1.807) is 12.0 Å². The Kier molecular flexibility index (Phi) is 6.39. The van der Waals surface area contributed by atoms with Crippen LogP contribution in [0.15, 0.2) is 36.4 Å². The van der Waals surface area contributed by atoms with Gasteiger partial charge in [-0.3, -0.25) is 0 Å². The number of carbonyl (C=O) groups excluding carboxylic acids is 1. The predicted octanol–water partition coefficient (Wildman–Crippen LogP) is 3.88. The van der Waals surface area contributed by atoms with Crippen molar-refractivity contribution in [2.24, 2.45) is 0 Å². The number of benzene rings is 1. The highest BCUT2D eigenvalue weighted by Gasteiger charge is 2.27.